The molecule has 2 aromatic heterocycles. The van der Waals surface area contributed by atoms with Crippen LogP contribution in [0.15, 0.2) is 40.0 Å². The summed E-state index contributed by atoms with van der Waals surface area (Å²) in [7, 11) is 0. The number of anilines is 1. The summed E-state index contributed by atoms with van der Waals surface area (Å²) in [5, 5.41) is 16.1. The third-order valence-corrected chi connectivity index (χ3v) is 6.14. The minimum absolute atomic E-state index is 0.189. The van der Waals surface area contributed by atoms with Crippen molar-refractivity contribution in [3.63, 3.8) is 0 Å². The number of aromatic nitrogens is 4. The third-order valence-electron chi connectivity index (χ3n) is 4.77. The van der Waals surface area contributed by atoms with E-state index in [2.05, 4.69) is 39.1 Å². The highest BCUT2D eigenvalue weighted by molar-refractivity contribution is 8.00. The van der Waals surface area contributed by atoms with Crippen molar-refractivity contribution in [2.75, 3.05) is 5.32 Å². The molecule has 31 heavy (non-hydrogen) atoms. The molecule has 8 nitrogen and oxygen atoms in total. The van der Waals surface area contributed by atoms with Crippen molar-refractivity contribution in [3.8, 4) is 5.75 Å². The van der Waals surface area contributed by atoms with Crippen LogP contribution in [0.2, 0.25) is 5.02 Å². The molecule has 1 amide bonds. The number of nitrogens with zero attached hydrogens (tertiary/aromatic N) is 4. The molecular weight excluding hydrogens is 438 g/mol. The Kier molecular flexibility index (Phi) is 7.97. The van der Waals surface area contributed by atoms with Crippen LogP contribution >= 0.6 is 23.4 Å². The minimum Gasteiger partial charge on any atom is -0.484 e. The lowest BCUT2D eigenvalue weighted by Gasteiger charge is -2.20. The van der Waals surface area contributed by atoms with Gasteiger partial charge in [0.2, 0.25) is 5.91 Å². The number of hydrogen-bond acceptors (Lipinski definition) is 7. The van der Waals surface area contributed by atoms with Crippen molar-refractivity contribution < 1.29 is 14.1 Å². The van der Waals surface area contributed by atoms with Crippen molar-refractivity contribution in [2.24, 2.45) is 0 Å². The van der Waals surface area contributed by atoms with Gasteiger partial charge in [0.15, 0.2) is 16.8 Å². The first-order chi connectivity index (χ1) is 14.9. The number of halogens is 1. The molecule has 3 rings (SSSR count). The first-order valence-corrected chi connectivity index (χ1v) is 11.4. The zero-order chi connectivity index (χ0) is 22.4. The summed E-state index contributed by atoms with van der Waals surface area (Å²) in [5.41, 5.74) is 0. The molecule has 0 radical (unpaired) electrons. The maximum atomic E-state index is 12.6. The largest absolute Gasteiger partial charge is 0.484 e. The van der Waals surface area contributed by atoms with Gasteiger partial charge in [0, 0.05) is 12.1 Å². The highest BCUT2D eigenvalue weighted by Crippen LogP contribution is 2.30. The molecule has 0 bridgehead atoms. The number of carbonyl (C=O) groups is 1. The number of thioether (sulfide) groups is 1. The van der Waals surface area contributed by atoms with Gasteiger partial charge in [0.1, 0.15) is 18.1 Å². The second-order valence-corrected chi connectivity index (χ2v) is 8.75. The number of carbonyl (C=O) groups excluding carboxylic acids is 1. The standard InChI is InChI=1S/C21H26ClN5O3S/c1-5-15(6-2)27-19(12-29-17-10-8-7-9-16(17)22)24-25-21(27)31-14(4)20(28)23-18-11-13(3)30-26-18/h7-11,14-15H,5-6,12H2,1-4H3,(H,23,26,28). The van der Waals surface area contributed by atoms with Gasteiger partial charge in [-0.3, -0.25) is 4.79 Å². The average Bonchev–Trinajstić information content (AvgIpc) is 3.34. The van der Waals surface area contributed by atoms with Gasteiger partial charge in [-0.1, -0.05) is 54.5 Å². The van der Waals surface area contributed by atoms with Gasteiger partial charge in [-0.25, -0.2) is 0 Å². The van der Waals surface area contributed by atoms with Crippen molar-refractivity contribution in [3.05, 3.63) is 46.9 Å². The third kappa shape index (κ3) is 5.80. The van der Waals surface area contributed by atoms with Gasteiger partial charge in [-0.15, -0.1) is 10.2 Å². The van der Waals surface area contributed by atoms with Crippen LogP contribution < -0.4 is 10.1 Å². The van der Waals surface area contributed by atoms with Crippen molar-refractivity contribution in [2.45, 2.75) is 63.6 Å². The lowest BCUT2D eigenvalue weighted by atomic mass is 10.2. The van der Waals surface area contributed by atoms with Crippen LogP contribution in [-0.2, 0) is 11.4 Å². The normalized spacial score (nSPS) is 12.2. The monoisotopic (exact) mass is 463 g/mol. The molecule has 0 spiro atoms. The quantitative estimate of drug-likeness (QED) is 0.408. The van der Waals surface area contributed by atoms with E-state index < -0.39 is 5.25 Å². The molecule has 1 N–H and O–H groups in total. The van der Waals surface area contributed by atoms with Crippen LogP contribution in [0.3, 0.4) is 0 Å². The van der Waals surface area contributed by atoms with Crippen molar-refractivity contribution in [1.29, 1.82) is 0 Å². The highest BCUT2D eigenvalue weighted by atomic mass is 35.5. The van der Waals surface area contributed by atoms with E-state index in [9.17, 15) is 4.79 Å². The number of aryl methyl sites for hydroxylation is 1. The van der Waals surface area contributed by atoms with Gasteiger partial charge in [-0.05, 0) is 38.8 Å². The first-order valence-electron chi connectivity index (χ1n) is 10.1. The summed E-state index contributed by atoms with van der Waals surface area (Å²) < 4.78 is 12.9. The smallest absolute Gasteiger partial charge is 0.238 e. The fourth-order valence-corrected chi connectivity index (χ4v) is 4.20. The topological polar surface area (TPSA) is 95.1 Å². The summed E-state index contributed by atoms with van der Waals surface area (Å²) in [6.45, 7) is 8.05. The Hall–Kier alpha value is -2.52. The van der Waals surface area contributed by atoms with E-state index in [0.29, 0.717) is 33.3 Å². The van der Waals surface area contributed by atoms with Crippen LogP contribution in [0.1, 0.15) is 51.2 Å². The number of amides is 1. The van der Waals surface area contributed by atoms with E-state index in [-0.39, 0.29) is 18.6 Å². The average molecular weight is 464 g/mol. The van der Waals surface area contributed by atoms with Gasteiger partial charge in [0.25, 0.3) is 0 Å². The predicted octanol–water partition coefficient (Wildman–Crippen LogP) is 5.29. The van der Waals surface area contributed by atoms with Gasteiger partial charge in [0.05, 0.1) is 10.3 Å². The molecule has 1 aromatic carbocycles. The number of hydrogen-bond donors (Lipinski definition) is 1. The number of ether oxygens (including phenoxy) is 1. The maximum absolute atomic E-state index is 12.6. The summed E-state index contributed by atoms with van der Waals surface area (Å²) >= 11 is 7.54. The summed E-state index contributed by atoms with van der Waals surface area (Å²) in [6, 6.07) is 9.17. The molecule has 0 saturated carbocycles. The minimum atomic E-state index is -0.411. The summed E-state index contributed by atoms with van der Waals surface area (Å²) in [5.74, 6) is 2.12. The Bertz CT molecular complexity index is 1020. The van der Waals surface area contributed by atoms with Crippen molar-refractivity contribution in [1.82, 2.24) is 19.9 Å². The van der Waals surface area contributed by atoms with E-state index in [1.165, 1.54) is 11.8 Å². The highest BCUT2D eigenvalue weighted by Gasteiger charge is 2.24. The number of nitrogens with one attached hydrogen (secondary N) is 1. The molecular formula is C21H26ClN5O3S. The Morgan fingerprint density at radius 2 is 2.03 bits per heavy atom. The summed E-state index contributed by atoms with van der Waals surface area (Å²) in [6.07, 6.45) is 1.81. The van der Waals surface area contributed by atoms with E-state index in [1.54, 1.807) is 19.1 Å². The van der Waals surface area contributed by atoms with Gasteiger partial charge >= 0.3 is 0 Å². The molecule has 1 atom stereocenters. The number of rotatable bonds is 10. The zero-order valence-corrected chi connectivity index (χ0v) is 19.5. The molecule has 0 aliphatic rings. The molecule has 166 valence electrons. The Labute approximate surface area is 190 Å². The van der Waals surface area contributed by atoms with Crippen LogP contribution in [0, 0.1) is 6.92 Å². The van der Waals surface area contributed by atoms with E-state index in [0.717, 1.165) is 12.8 Å². The number of benzene rings is 1. The second-order valence-electron chi connectivity index (χ2n) is 7.03. The Morgan fingerprint density at radius 1 is 1.29 bits per heavy atom. The fraction of sp³-hybridized carbons (Fsp3) is 0.429. The van der Waals surface area contributed by atoms with Crippen LogP contribution in [0.25, 0.3) is 0 Å². The Morgan fingerprint density at radius 3 is 2.68 bits per heavy atom. The Balaban J connectivity index is 1.76. The molecule has 10 heteroatoms. The van der Waals surface area contributed by atoms with Gasteiger partial charge in [-0.2, -0.15) is 0 Å². The van der Waals surface area contributed by atoms with Crippen LogP contribution in [0.5, 0.6) is 5.75 Å². The molecule has 0 aliphatic heterocycles. The number of para-hydroxylation sites is 1. The van der Waals surface area contributed by atoms with Gasteiger partial charge < -0.3 is 19.1 Å². The predicted molar refractivity (Wildman–Crippen MR) is 121 cm³/mol. The van der Waals surface area contributed by atoms with E-state index in [1.807, 2.05) is 25.1 Å². The van der Waals surface area contributed by atoms with E-state index in [4.69, 9.17) is 20.9 Å². The molecule has 2 heterocycles. The molecule has 0 aliphatic carbocycles. The SMILES string of the molecule is CCC(CC)n1c(COc2ccccc2Cl)nnc1SC(C)C(=O)Nc1cc(C)on1. The maximum Gasteiger partial charge on any atom is 0.238 e. The zero-order valence-electron chi connectivity index (χ0n) is 18.0. The molecule has 1 unspecified atom stereocenters. The lowest BCUT2D eigenvalue weighted by Crippen LogP contribution is -2.23. The lowest BCUT2D eigenvalue weighted by molar-refractivity contribution is -0.115. The second kappa shape index (κ2) is 10.7. The first kappa shape index (κ1) is 23.1. The van der Waals surface area contributed by atoms with Crippen LogP contribution in [0.4, 0.5) is 5.82 Å². The summed E-state index contributed by atoms with van der Waals surface area (Å²) in [4.78, 5) is 12.6. The van der Waals surface area contributed by atoms with E-state index >= 15 is 0 Å². The van der Waals surface area contributed by atoms with Crippen LogP contribution in [-0.4, -0.2) is 31.1 Å². The van der Waals surface area contributed by atoms with Crippen molar-refractivity contribution >= 4 is 35.1 Å². The fourth-order valence-electron chi connectivity index (χ4n) is 3.08. The molecule has 3 aromatic rings. The molecule has 0 saturated heterocycles. The molecule has 0 fully saturated rings.